The lowest BCUT2D eigenvalue weighted by molar-refractivity contribution is -0.139. The summed E-state index contributed by atoms with van der Waals surface area (Å²) in [5, 5.41) is 29.7. The van der Waals surface area contributed by atoms with E-state index in [2.05, 4.69) is 5.32 Å². The van der Waals surface area contributed by atoms with Crippen molar-refractivity contribution in [3.63, 3.8) is 0 Å². The van der Waals surface area contributed by atoms with Crippen LogP contribution in [0, 0.1) is 0 Å². The maximum atomic E-state index is 11.8. The van der Waals surface area contributed by atoms with Gasteiger partial charge in [0.2, 0.25) is 0 Å². The Morgan fingerprint density at radius 2 is 1.94 bits per heavy atom. The summed E-state index contributed by atoms with van der Waals surface area (Å²) in [5.74, 6) is -1.17. The van der Waals surface area contributed by atoms with E-state index in [0.717, 1.165) is 0 Å². The van der Waals surface area contributed by atoms with Crippen molar-refractivity contribution in [3.8, 4) is 0 Å². The molecule has 7 heteroatoms. The maximum Gasteiger partial charge on any atom is 0.326 e. The molecule has 0 aromatic carbocycles. The molecule has 1 atom stereocenters. The van der Waals surface area contributed by atoms with Gasteiger partial charge in [-0.25, -0.2) is 9.59 Å². The lowest BCUT2D eigenvalue weighted by Gasteiger charge is -2.36. The number of carbonyl (C=O) groups is 2. The first-order valence-corrected chi connectivity index (χ1v) is 5.97. The number of likely N-dealkylation sites (tertiary alicyclic amines) is 1. The van der Waals surface area contributed by atoms with E-state index in [1.165, 1.54) is 4.90 Å². The second-order valence-corrected chi connectivity index (χ2v) is 4.84. The van der Waals surface area contributed by atoms with Crippen molar-refractivity contribution < 1.29 is 24.9 Å². The number of carbonyl (C=O) groups excluding carboxylic acids is 1. The normalized spacial score (nSPS) is 20.3. The van der Waals surface area contributed by atoms with Gasteiger partial charge in [0.25, 0.3) is 0 Å². The van der Waals surface area contributed by atoms with Crippen LogP contribution in [0.1, 0.15) is 26.2 Å². The number of carboxylic acids is 1. The third-order valence-corrected chi connectivity index (χ3v) is 3.14. The molecule has 0 radical (unpaired) electrons. The maximum absolute atomic E-state index is 11.8. The molecule has 18 heavy (non-hydrogen) atoms. The van der Waals surface area contributed by atoms with Crippen molar-refractivity contribution in [3.05, 3.63) is 0 Å². The summed E-state index contributed by atoms with van der Waals surface area (Å²) < 4.78 is 0. The second-order valence-electron chi connectivity index (χ2n) is 4.84. The molecule has 0 spiro atoms. The van der Waals surface area contributed by atoms with Crippen molar-refractivity contribution in [2.45, 2.75) is 37.8 Å². The molecule has 0 aliphatic carbocycles. The molecular weight excluding hydrogens is 240 g/mol. The van der Waals surface area contributed by atoms with Crippen molar-refractivity contribution in [1.29, 1.82) is 0 Å². The van der Waals surface area contributed by atoms with Crippen LogP contribution in [0.4, 0.5) is 4.79 Å². The van der Waals surface area contributed by atoms with Crippen LogP contribution in [0.5, 0.6) is 0 Å². The van der Waals surface area contributed by atoms with Crippen molar-refractivity contribution in [2.75, 3.05) is 19.7 Å². The highest BCUT2D eigenvalue weighted by atomic mass is 16.4. The van der Waals surface area contributed by atoms with Gasteiger partial charge in [-0.2, -0.15) is 0 Å². The first-order valence-electron chi connectivity index (χ1n) is 5.97. The van der Waals surface area contributed by atoms with Gasteiger partial charge >= 0.3 is 12.0 Å². The number of hydrogen-bond acceptors (Lipinski definition) is 4. The van der Waals surface area contributed by atoms with Crippen LogP contribution in [0.2, 0.25) is 0 Å². The molecule has 0 unspecified atom stereocenters. The minimum absolute atomic E-state index is 0.0212. The number of nitrogens with zero attached hydrogens (tertiary/aromatic N) is 1. The van der Waals surface area contributed by atoms with Gasteiger partial charge in [-0.1, -0.05) is 0 Å². The van der Waals surface area contributed by atoms with Crippen molar-refractivity contribution in [1.82, 2.24) is 10.2 Å². The number of rotatable bonds is 4. The number of aliphatic carboxylic acids is 1. The quantitative estimate of drug-likeness (QED) is 0.538. The molecule has 1 aliphatic rings. The Morgan fingerprint density at radius 3 is 2.39 bits per heavy atom. The number of amides is 2. The predicted octanol–water partition coefficient (Wildman–Crippen LogP) is -0.622. The van der Waals surface area contributed by atoms with E-state index in [1.54, 1.807) is 6.92 Å². The van der Waals surface area contributed by atoms with Gasteiger partial charge in [-0.15, -0.1) is 0 Å². The van der Waals surface area contributed by atoms with Crippen LogP contribution in [-0.4, -0.2) is 63.6 Å². The molecule has 104 valence electrons. The number of urea groups is 1. The van der Waals surface area contributed by atoms with Crippen molar-refractivity contribution >= 4 is 12.0 Å². The van der Waals surface area contributed by atoms with Gasteiger partial charge in [0, 0.05) is 26.1 Å². The SMILES string of the molecule is CC1(O)CCN(C(=O)N[C@H](CCO)C(=O)O)CC1. The van der Waals surface area contributed by atoms with E-state index < -0.39 is 23.6 Å². The fraction of sp³-hybridized carbons (Fsp3) is 0.818. The molecule has 4 N–H and O–H groups in total. The molecule has 1 heterocycles. The fourth-order valence-electron chi connectivity index (χ4n) is 1.82. The number of nitrogens with one attached hydrogen (secondary N) is 1. The average Bonchev–Trinajstić information content (AvgIpc) is 2.28. The highest BCUT2D eigenvalue weighted by Gasteiger charge is 2.31. The fourth-order valence-corrected chi connectivity index (χ4v) is 1.82. The first-order chi connectivity index (χ1) is 8.35. The molecule has 1 aliphatic heterocycles. The van der Waals surface area contributed by atoms with E-state index in [0.29, 0.717) is 25.9 Å². The molecule has 1 fully saturated rings. The Kier molecular flexibility index (Phi) is 4.92. The summed E-state index contributed by atoms with van der Waals surface area (Å²) in [6.45, 7) is 2.20. The summed E-state index contributed by atoms with van der Waals surface area (Å²) in [5.41, 5.74) is -0.756. The van der Waals surface area contributed by atoms with Gasteiger partial charge < -0.3 is 25.5 Å². The smallest absolute Gasteiger partial charge is 0.326 e. The van der Waals surface area contributed by atoms with E-state index in [9.17, 15) is 14.7 Å². The summed E-state index contributed by atoms with van der Waals surface area (Å²) in [6.07, 6.45) is 0.920. The van der Waals surface area contributed by atoms with Gasteiger partial charge in [0.15, 0.2) is 0 Å². The van der Waals surface area contributed by atoms with Crippen LogP contribution in [0.15, 0.2) is 0 Å². The topological polar surface area (TPSA) is 110 Å². The number of aliphatic hydroxyl groups excluding tert-OH is 1. The summed E-state index contributed by atoms with van der Waals surface area (Å²) >= 11 is 0. The molecule has 0 bridgehead atoms. The number of aliphatic hydroxyl groups is 2. The third kappa shape index (κ3) is 4.15. The van der Waals surface area contributed by atoms with Crippen molar-refractivity contribution in [2.24, 2.45) is 0 Å². The predicted molar refractivity (Wildman–Crippen MR) is 63.1 cm³/mol. The van der Waals surface area contributed by atoms with Crippen LogP contribution in [0.3, 0.4) is 0 Å². The van der Waals surface area contributed by atoms with E-state index >= 15 is 0 Å². The lowest BCUT2D eigenvalue weighted by Crippen LogP contribution is -2.52. The highest BCUT2D eigenvalue weighted by Crippen LogP contribution is 2.20. The molecule has 1 saturated heterocycles. The summed E-state index contributed by atoms with van der Waals surface area (Å²) in [6, 6.07) is -1.55. The zero-order valence-electron chi connectivity index (χ0n) is 10.4. The molecular formula is C11H20N2O5. The van der Waals surface area contributed by atoms with Crippen LogP contribution >= 0.6 is 0 Å². The monoisotopic (exact) mass is 260 g/mol. The van der Waals surface area contributed by atoms with E-state index in [-0.39, 0.29) is 13.0 Å². The van der Waals surface area contributed by atoms with Crippen LogP contribution in [-0.2, 0) is 4.79 Å². The lowest BCUT2D eigenvalue weighted by atomic mass is 9.94. The van der Waals surface area contributed by atoms with Crippen LogP contribution < -0.4 is 5.32 Å². The Hall–Kier alpha value is -1.34. The molecule has 1 rings (SSSR count). The van der Waals surface area contributed by atoms with Gasteiger partial charge in [-0.05, 0) is 19.8 Å². The summed E-state index contributed by atoms with van der Waals surface area (Å²) in [7, 11) is 0. The highest BCUT2D eigenvalue weighted by molar-refractivity contribution is 5.82. The van der Waals surface area contributed by atoms with E-state index in [4.69, 9.17) is 10.2 Å². The summed E-state index contributed by atoms with van der Waals surface area (Å²) in [4.78, 5) is 24.1. The standard InChI is InChI=1S/C11H20N2O5/c1-11(18)3-5-13(6-4-11)10(17)12-8(2-7-14)9(15)16/h8,14,18H,2-7H2,1H3,(H,12,17)(H,15,16)/t8-/m1/s1. The number of hydrogen-bond donors (Lipinski definition) is 4. The Bertz CT molecular complexity index is 309. The van der Waals surface area contributed by atoms with Crippen LogP contribution in [0.25, 0.3) is 0 Å². The molecule has 0 aromatic rings. The Morgan fingerprint density at radius 1 is 1.39 bits per heavy atom. The minimum Gasteiger partial charge on any atom is -0.480 e. The second kappa shape index (κ2) is 6.01. The Labute approximate surface area is 105 Å². The third-order valence-electron chi connectivity index (χ3n) is 3.14. The first kappa shape index (κ1) is 14.7. The van der Waals surface area contributed by atoms with Gasteiger partial charge in [-0.3, -0.25) is 0 Å². The van der Waals surface area contributed by atoms with Gasteiger partial charge in [0.1, 0.15) is 6.04 Å². The number of piperidine rings is 1. The zero-order chi connectivity index (χ0) is 13.8. The molecule has 0 aromatic heterocycles. The molecule has 0 saturated carbocycles. The number of carboxylic acid groups (broad SMARTS) is 1. The van der Waals surface area contributed by atoms with E-state index in [1.807, 2.05) is 0 Å². The Balaban J connectivity index is 2.47. The largest absolute Gasteiger partial charge is 0.480 e. The molecule has 7 nitrogen and oxygen atoms in total. The van der Waals surface area contributed by atoms with Gasteiger partial charge in [0.05, 0.1) is 5.60 Å². The zero-order valence-corrected chi connectivity index (χ0v) is 10.4. The minimum atomic E-state index is -1.17. The average molecular weight is 260 g/mol. The molecule has 2 amide bonds.